The lowest BCUT2D eigenvalue weighted by Crippen LogP contribution is -2.30. The Balaban J connectivity index is 1.98. The monoisotopic (exact) mass is 395 g/mol. The number of hydrogen-bond donors (Lipinski definition) is 2. The lowest BCUT2D eigenvalue weighted by atomic mass is 10.1. The van der Waals surface area contributed by atoms with Gasteiger partial charge in [0, 0.05) is 4.47 Å². The highest BCUT2D eigenvalue weighted by Crippen LogP contribution is 2.19. The Morgan fingerprint density at radius 2 is 1.92 bits per heavy atom. The fourth-order valence-corrected chi connectivity index (χ4v) is 2.19. The van der Waals surface area contributed by atoms with Crippen molar-refractivity contribution in [3.63, 3.8) is 0 Å². The highest BCUT2D eigenvalue weighted by atomic mass is 79.9. The summed E-state index contributed by atoms with van der Waals surface area (Å²) in [6.07, 6.45) is -1.10. The van der Waals surface area contributed by atoms with Crippen molar-refractivity contribution in [3.05, 3.63) is 63.9 Å². The first-order valence-corrected chi connectivity index (χ1v) is 7.86. The standard InChI is InChI=1S/C17H15BrFNO4/c1-10(16(22)20-15-7-6-13(18)8-14(15)19)24-17(23)12-4-2-11(9-21)3-5-12/h2-8,10,21H,9H2,1H3,(H,20,22)/t10-/m1/s1. The fourth-order valence-electron chi connectivity index (χ4n) is 1.85. The SMILES string of the molecule is C[C@@H](OC(=O)c1ccc(CO)cc1)C(=O)Nc1ccc(Br)cc1F. The van der Waals surface area contributed by atoms with Crippen LogP contribution in [0.3, 0.4) is 0 Å². The smallest absolute Gasteiger partial charge is 0.338 e. The molecule has 0 aliphatic rings. The Morgan fingerprint density at radius 1 is 1.25 bits per heavy atom. The van der Waals surface area contributed by atoms with Crippen molar-refractivity contribution in [2.75, 3.05) is 5.32 Å². The molecule has 0 aromatic heterocycles. The van der Waals surface area contributed by atoms with Gasteiger partial charge >= 0.3 is 5.97 Å². The predicted molar refractivity (Wildman–Crippen MR) is 90.0 cm³/mol. The van der Waals surface area contributed by atoms with E-state index in [0.717, 1.165) is 0 Å². The molecule has 7 heteroatoms. The summed E-state index contributed by atoms with van der Waals surface area (Å²) in [6, 6.07) is 10.4. The van der Waals surface area contributed by atoms with Crippen molar-refractivity contribution < 1.29 is 23.8 Å². The zero-order valence-corrected chi connectivity index (χ0v) is 14.3. The molecule has 2 aromatic rings. The molecule has 1 atom stereocenters. The van der Waals surface area contributed by atoms with Crippen LogP contribution in [-0.4, -0.2) is 23.1 Å². The molecule has 126 valence electrons. The molecule has 1 amide bonds. The van der Waals surface area contributed by atoms with Gasteiger partial charge in [-0.15, -0.1) is 0 Å². The van der Waals surface area contributed by atoms with E-state index in [1.54, 1.807) is 18.2 Å². The van der Waals surface area contributed by atoms with Crippen molar-refractivity contribution in [3.8, 4) is 0 Å². The molecule has 2 N–H and O–H groups in total. The first kappa shape index (κ1) is 18.1. The van der Waals surface area contributed by atoms with Crippen molar-refractivity contribution in [2.45, 2.75) is 19.6 Å². The number of ether oxygens (including phenoxy) is 1. The second kappa shape index (κ2) is 8.03. The fraction of sp³-hybridized carbons (Fsp3) is 0.176. The molecule has 0 aliphatic heterocycles. The third kappa shape index (κ3) is 4.62. The number of carbonyl (C=O) groups excluding carboxylic acids is 2. The van der Waals surface area contributed by atoms with E-state index in [0.29, 0.717) is 10.0 Å². The summed E-state index contributed by atoms with van der Waals surface area (Å²) in [5.41, 5.74) is 0.906. The van der Waals surface area contributed by atoms with Crippen LogP contribution in [0.25, 0.3) is 0 Å². The summed E-state index contributed by atoms with van der Waals surface area (Å²) in [7, 11) is 0. The number of aliphatic hydroxyl groups excluding tert-OH is 1. The van der Waals surface area contributed by atoms with E-state index in [1.165, 1.54) is 31.2 Å². The average molecular weight is 396 g/mol. The topological polar surface area (TPSA) is 75.6 Å². The largest absolute Gasteiger partial charge is 0.449 e. The zero-order valence-electron chi connectivity index (χ0n) is 12.8. The molecule has 0 fully saturated rings. The molecule has 0 spiro atoms. The first-order valence-electron chi connectivity index (χ1n) is 7.07. The van der Waals surface area contributed by atoms with Crippen molar-refractivity contribution in [1.82, 2.24) is 0 Å². The van der Waals surface area contributed by atoms with Gasteiger partial charge in [0.25, 0.3) is 5.91 Å². The summed E-state index contributed by atoms with van der Waals surface area (Å²) in [6.45, 7) is 1.26. The van der Waals surface area contributed by atoms with Gasteiger partial charge in [0.2, 0.25) is 0 Å². The number of aliphatic hydroxyl groups is 1. The molecule has 0 bridgehead atoms. The molecule has 2 aromatic carbocycles. The molecular formula is C17H15BrFNO4. The number of esters is 1. The third-order valence-electron chi connectivity index (χ3n) is 3.21. The van der Waals surface area contributed by atoms with E-state index >= 15 is 0 Å². The normalized spacial score (nSPS) is 11.7. The molecule has 0 heterocycles. The number of hydrogen-bond acceptors (Lipinski definition) is 4. The van der Waals surface area contributed by atoms with Crippen LogP contribution in [0.5, 0.6) is 0 Å². The number of nitrogens with one attached hydrogen (secondary N) is 1. The van der Waals surface area contributed by atoms with Crippen LogP contribution in [0.1, 0.15) is 22.8 Å². The number of carbonyl (C=O) groups is 2. The highest BCUT2D eigenvalue weighted by molar-refractivity contribution is 9.10. The molecule has 24 heavy (non-hydrogen) atoms. The van der Waals surface area contributed by atoms with Gasteiger partial charge in [-0.2, -0.15) is 0 Å². The van der Waals surface area contributed by atoms with E-state index in [1.807, 2.05) is 0 Å². The van der Waals surface area contributed by atoms with E-state index in [9.17, 15) is 14.0 Å². The maximum atomic E-state index is 13.7. The summed E-state index contributed by atoms with van der Waals surface area (Å²) in [5.74, 6) is -1.93. The van der Waals surface area contributed by atoms with Crippen molar-refractivity contribution in [1.29, 1.82) is 0 Å². The van der Waals surface area contributed by atoms with Crippen molar-refractivity contribution >= 4 is 33.5 Å². The minimum absolute atomic E-state index is 0.00148. The number of amides is 1. The minimum atomic E-state index is -1.10. The van der Waals surface area contributed by atoms with Gasteiger partial charge in [0.1, 0.15) is 5.82 Å². The number of benzene rings is 2. The molecule has 0 radical (unpaired) electrons. The summed E-state index contributed by atoms with van der Waals surface area (Å²) >= 11 is 3.12. The van der Waals surface area contributed by atoms with Crippen molar-refractivity contribution in [2.24, 2.45) is 0 Å². The van der Waals surface area contributed by atoms with Gasteiger partial charge in [0.05, 0.1) is 17.9 Å². The Labute approximate surface area is 146 Å². The van der Waals surface area contributed by atoms with E-state index in [2.05, 4.69) is 21.2 Å². The van der Waals surface area contributed by atoms with Gasteiger partial charge in [-0.3, -0.25) is 4.79 Å². The average Bonchev–Trinajstić information content (AvgIpc) is 2.57. The van der Waals surface area contributed by atoms with Gasteiger partial charge in [-0.1, -0.05) is 28.1 Å². The second-order valence-electron chi connectivity index (χ2n) is 5.02. The number of anilines is 1. The lowest BCUT2D eigenvalue weighted by molar-refractivity contribution is -0.123. The Hall–Kier alpha value is -2.25. The summed E-state index contributed by atoms with van der Waals surface area (Å²) in [5, 5.41) is 11.3. The number of halogens is 2. The van der Waals surface area contributed by atoms with Crippen LogP contribution in [0.4, 0.5) is 10.1 Å². The first-order chi connectivity index (χ1) is 11.4. The predicted octanol–water partition coefficient (Wildman–Crippen LogP) is 3.26. The molecule has 2 rings (SSSR count). The highest BCUT2D eigenvalue weighted by Gasteiger charge is 2.20. The maximum absolute atomic E-state index is 13.7. The lowest BCUT2D eigenvalue weighted by Gasteiger charge is -2.14. The molecule has 0 unspecified atom stereocenters. The van der Waals surface area contributed by atoms with Crippen LogP contribution >= 0.6 is 15.9 Å². The van der Waals surface area contributed by atoms with Crippen LogP contribution in [0.2, 0.25) is 0 Å². The molecule has 0 saturated carbocycles. The Bertz CT molecular complexity index is 749. The summed E-state index contributed by atoms with van der Waals surface area (Å²) < 4.78 is 19.3. The number of rotatable bonds is 5. The van der Waals surface area contributed by atoms with Crippen LogP contribution in [0.15, 0.2) is 46.9 Å². The summed E-state index contributed by atoms with van der Waals surface area (Å²) in [4.78, 5) is 24.0. The molecule has 0 saturated heterocycles. The van der Waals surface area contributed by atoms with Gasteiger partial charge in [-0.05, 0) is 42.8 Å². The van der Waals surface area contributed by atoms with E-state index in [-0.39, 0.29) is 17.9 Å². The quantitative estimate of drug-likeness (QED) is 0.761. The Morgan fingerprint density at radius 3 is 2.50 bits per heavy atom. The van der Waals surface area contributed by atoms with Gasteiger partial charge < -0.3 is 15.2 Å². The van der Waals surface area contributed by atoms with Gasteiger partial charge in [0.15, 0.2) is 6.10 Å². The molecular weight excluding hydrogens is 381 g/mol. The zero-order chi connectivity index (χ0) is 17.7. The second-order valence-corrected chi connectivity index (χ2v) is 5.93. The third-order valence-corrected chi connectivity index (χ3v) is 3.71. The van der Waals surface area contributed by atoms with Crippen LogP contribution in [-0.2, 0) is 16.1 Å². The van der Waals surface area contributed by atoms with E-state index < -0.39 is 23.8 Å². The van der Waals surface area contributed by atoms with E-state index in [4.69, 9.17) is 9.84 Å². The minimum Gasteiger partial charge on any atom is -0.449 e. The Kier molecular flexibility index (Phi) is 6.05. The molecule has 5 nitrogen and oxygen atoms in total. The van der Waals surface area contributed by atoms with Gasteiger partial charge in [-0.25, -0.2) is 9.18 Å². The maximum Gasteiger partial charge on any atom is 0.338 e. The van der Waals surface area contributed by atoms with Crippen LogP contribution in [0, 0.1) is 5.82 Å². The van der Waals surface area contributed by atoms with Crippen LogP contribution < -0.4 is 5.32 Å². The molecule has 0 aliphatic carbocycles.